The van der Waals surface area contributed by atoms with Crippen LogP contribution in [0.4, 0.5) is 22.0 Å². The number of allylic oxidation sites excluding steroid dienone is 4. The first kappa shape index (κ1) is 27.9. The van der Waals surface area contributed by atoms with Crippen LogP contribution in [0.25, 0.3) is 0 Å². The van der Waals surface area contributed by atoms with E-state index in [0.717, 1.165) is 41.6 Å². The van der Waals surface area contributed by atoms with Crippen molar-refractivity contribution >= 4 is 0 Å². The number of hydrogen-bond donors (Lipinski definition) is 0. The summed E-state index contributed by atoms with van der Waals surface area (Å²) in [5.74, 6) is -4.60. The van der Waals surface area contributed by atoms with E-state index in [1.165, 1.54) is 6.42 Å². The molecular formula is C23H30CrF5+2. The minimum absolute atomic E-state index is 0. The molecule has 0 spiro atoms. The average Bonchev–Trinajstić information content (AvgIpc) is 2.84. The SMILES string of the molecule is CC1C(C)C(C)C(C)C1C.CC1C=CC=CC1.Fc1[c-]c(F)c(F)c(F)c1F.[Cr+3]. The topological polar surface area (TPSA) is 0 Å². The molecule has 2 aliphatic carbocycles. The summed E-state index contributed by atoms with van der Waals surface area (Å²) in [6.07, 6.45) is 9.84. The van der Waals surface area contributed by atoms with Crippen LogP contribution in [0, 0.1) is 70.7 Å². The van der Waals surface area contributed by atoms with E-state index in [-0.39, 0.29) is 17.4 Å². The van der Waals surface area contributed by atoms with Gasteiger partial charge in [0.15, 0.2) is 0 Å². The summed E-state index contributed by atoms with van der Waals surface area (Å²) in [6.45, 7) is 14.2. The zero-order valence-electron chi connectivity index (χ0n) is 17.8. The van der Waals surface area contributed by atoms with Crippen molar-refractivity contribution in [2.24, 2.45) is 35.5 Å². The van der Waals surface area contributed by atoms with Gasteiger partial charge < -0.3 is 0 Å². The summed E-state index contributed by atoms with van der Waals surface area (Å²) in [5, 5.41) is 0. The van der Waals surface area contributed by atoms with E-state index in [1.54, 1.807) is 0 Å². The van der Waals surface area contributed by atoms with Crippen molar-refractivity contribution in [3.63, 3.8) is 0 Å². The van der Waals surface area contributed by atoms with Gasteiger partial charge in [-0.1, -0.05) is 65.8 Å². The number of halogens is 5. The monoisotopic (exact) mass is 453 g/mol. The molecule has 0 heterocycles. The van der Waals surface area contributed by atoms with Gasteiger partial charge in [0.1, 0.15) is 0 Å². The summed E-state index contributed by atoms with van der Waals surface area (Å²) in [5.41, 5.74) is 0. The van der Waals surface area contributed by atoms with Gasteiger partial charge in [0, 0.05) is 0 Å². The first-order valence-corrected chi connectivity index (χ1v) is 9.73. The van der Waals surface area contributed by atoms with E-state index >= 15 is 0 Å². The van der Waals surface area contributed by atoms with Gasteiger partial charge in [-0.25, -0.2) is 13.2 Å². The Kier molecular flexibility index (Phi) is 12.1. The van der Waals surface area contributed by atoms with Gasteiger partial charge >= 0.3 is 17.4 Å². The first-order valence-electron chi connectivity index (χ1n) is 9.73. The molecule has 29 heavy (non-hydrogen) atoms. The zero-order chi connectivity index (χ0) is 21.6. The molecule has 0 amide bonds. The van der Waals surface area contributed by atoms with E-state index in [4.69, 9.17) is 0 Å². The predicted octanol–water partition coefficient (Wildman–Crippen LogP) is 7.50. The van der Waals surface area contributed by atoms with E-state index in [9.17, 15) is 22.0 Å². The van der Waals surface area contributed by atoms with Crippen molar-refractivity contribution in [1.29, 1.82) is 0 Å². The third-order valence-electron chi connectivity index (χ3n) is 6.33. The molecule has 1 radical (unpaired) electrons. The molecule has 3 rings (SSSR count). The maximum Gasteiger partial charge on any atom is 3.00 e. The Balaban J connectivity index is 0.000000408. The Morgan fingerprint density at radius 2 is 1.03 bits per heavy atom. The Morgan fingerprint density at radius 1 is 0.655 bits per heavy atom. The van der Waals surface area contributed by atoms with Gasteiger partial charge in [-0.15, -0.1) is 6.07 Å². The van der Waals surface area contributed by atoms with Crippen LogP contribution in [-0.4, -0.2) is 0 Å². The van der Waals surface area contributed by atoms with Gasteiger partial charge in [0.25, 0.3) is 0 Å². The standard InChI is InChI=1S/C10H20.C7H10.C6F5.Cr/c1-6-7(2)9(4)10(5)8(6)3;1-7-5-3-2-4-6-7;7-2-1-3(8)5(10)6(11)4(2)9;/h6-10H,1-5H3;2-5,7H,6H2,1H3;;/q;;-1;+3. The summed E-state index contributed by atoms with van der Waals surface area (Å²) in [4.78, 5) is 0. The van der Waals surface area contributed by atoms with Crippen molar-refractivity contribution in [3.05, 3.63) is 59.5 Å². The molecule has 1 atom stereocenters. The summed E-state index contributed by atoms with van der Waals surface area (Å²) >= 11 is 0. The smallest absolute Gasteiger partial charge is 0.278 e. The van der Waals surface area contributed by atoms with Crippen molar-refractivity contribution in [2.75, 3.05) is 0 Å². The molecule has 1 saturated carbocycles. The molecule has 0 aromatic heterocycles. The average molecular weight is 453 g/mol. The molecule has 161 valence electrons. The second-order valence-corrected chi connectivity index (χ2v) is 8.02. The number of rotatable bonds is 0. The largest absolute Gasteiger partial charge is 3.00 e. The van der Waals surface area contributed by atoms with Crippen LogP contribution < -0.4 is 0 Å². The van der Waals surface area contributed by atoms with Crippen molar-refractivity contribution in [3.8, 4) is 0 Å². The van der Waals surface area contributed by atoms with Crippen LogP contribution in [0.15, 0.2) is 24.3 Å². The van der Waals surface area contributed by atoms with E-state index in [1.807, 2.05) is 0 Å². The molecule has 1 aromatic rings. The summed E-state index contributed by atoms with van der Waals surface area (Å²) in [7, 11) is 0. The van der Waals surface area contributed by atoms with Crippen molar-refractivity contribution < 1.29 is 39.3 Å². The third kappa shape index (κ3) is 7.57. The quantitative estimate of drug-likeness (QED) is 0.165. The van der Waals surface area contributed by atoms with Crippen LogP contribution in [0.3, 0.4) is 0 Å². The predicted molar refractivity (Wildman–Crippen MR) is 103 cm³/mol. The normalized spacial score (nSPS) is 29.9. The van der Waals surface area contributed by atoms with Gasteiger partial charge in [0.05, 0.1) is 29.1 Å². The Hall–Kier alpha value is -1.12. The Labute approximate surface area is 182 Å². The Morgan fingerprint density at radius 3 is 1.28 bits per heavy atom. The third-order valence-corrected chi connectivity index (χ3v) is 6.33. The molecule has 0 N–H and O–H groups in total. The minimum atomic E-state index is -2.17. The van der Waals surface area contributed by atoms with Gasteiger partial charge in [-0.2, -0.15) is 0 Å². The molecule has 1 aromatic carbocycles. The molecule has 0 nitrogen and oxygen atoms in total. The first-order chi connectivity index (χ1) is 13.0. The van der Waals surface area contributed by atoms with Crippen LogP contribution in [0.1, 0.15) is 48.0 Å². The molecular weight excluding hydrogens is 423 g/mol. The fraction of sp³-hybridized carbons (Fsp3) is 0.565. The number of hydrogen-bond acceptors (Lipinski definition) is 0. The van der Waals surface area contributed by atoms with Crippen molar-refractivity contribution in [2.45, 2.75) is 48.0 Å². The Bertz CT molecular complexity index is 630. The second kappa shape index (κ2) is 12.5. The zero-order valence-corrected chi connectivity index (χ0v) is 19.1. The van der Waals surface area contributed by atoms with Crippen LogP contribution in [-0.2, 0) is 17.4 Å². The molecule has 0 aliphatic heterocycles. The van der Waals surface area contributed by atoms with Crippen LogP contribution in [0.5, 0.6) is 0 Å². The van der Waals surface area contributed by atoms with Gasteiger partial charge in [0.2, 0.25) is 0 Å². The molecule has 6 heteroatoms. The van der Waals surface area contributed by atoms with Gasteiger partial charge in [-0.05, 0) is 41.9 Å². The fourth-order valence-corrected chi connectivity index (χ4v) is 3.59. The maximum atomic E-state index is 12.0. The maximum absolute atomic E-state index is 12.0. The van der Waals surface area contributed by atoms with Crippen molar-refractivity contribution in [1.82, 2.24) is 0 Å². The summed E-state index contributed by atoms with van der Waals surface area (Å²) in [6, 6.07) is 1.02. The van der Waals surface area contributed by atoms with E-state index in [0.29, 0.717) is 0 Å². The minimum Gasteiger partial charge on any atom is -0.278 e. The second-order valence-electron chi connectivity index (χ2n) is 8.02. The van der Waals surface area contributed by atoms with E-state index < -0.39 is 29.1 Å². The van der Waals surface area contributed by atoms with Crippen LogP contribution in [0.2, 0.25) is 0 Å². The molecule has 0 saturated heterocycles. The summed E-state index contributed by atoms with van der Waals surface area (Å²) < 4.78 is 59.9. The van der Waals surface area contributed by atoms with E-state index in [2.05, 4.69) is 65.8 Å². The molecule has 2 aliphatic rings. The number of benzene rings is 1. The molecule has 1 fully saturated rings. The molecule has 1 unspecified atom stereocenters. The van der Waals surface area contributed by atoms with Crippen LogP contribution >= 0.6 is 0 Å². The molecule has 0 bridgehead atoms. The van der Waals surface area contributed by atoms with Gasteiger partial charge in [-0.3, -0.25) is 8.78 Å². The fourth-order valence-electron chi connectivity index (χ4n) is 3.59.